The fraction of sp³-hybridized carbons (Fsp3) is 0.519. The van der Waals surface area contributed by atoms with E-state index in [9.17, 15) is 34.8 Å². The fourth-order valence-electron chi connectivity index (χ4n) is 6.74. The SMILES string of the molecule is CN(C)[C@@H]1C(=O)C(C(N)=O)=C(O)[C@@]2(O)C(=O)C3=C(O)c4c(O)cc(CN(C)[C@H]5CCCO5)c(F)c4C[C@H]3C[C@@H]12. The lowest BCUT2D eigenvalue weighted by molar-refractivity contribution is -0.153. The van der Waals surface area contributed by atoms with Crippen molar-refractivity contribution in [3.8, 4) is 5.75 Å². The summed E-state index contributed by atoms with van der Waals surface area (Å²) in [5.41, 5.74) is 1.31. The number of nitrogens with two attached hydrogens (primary N) is 1. The van der Waals surface area contributed by atoms with Gasteiger partial charge in [-0.05, 0) is 58.8 Å². The minimum absolute atomic E-state index is 0.0105. The number of benzene rings is 1. The van der Waals surface area contributed by atoms with Gasteiger partial charge in [0.1, 0.15) is 34.9 Å². The fourth-order valence-corrected chi connectivity index (χ4v) is 6.74. The van der Waals surface area contributed by atoms with Gasteiger partial charge in [0.25, 0.3) is 5.91 Å². The Kier molecular flexibility index (Phi) is 6.57. The second kappa shape index (κ2) is 9.40. The van der Waals surface area contributed by atoms with E-state index < -0.39 is 69.6 Å². The molecule has 11 nitrogen and oxygen atoms in total. The number of phenolic OH excluding ortho intramolecular Hbond substituents is 1. The molecular formula is C27H32FN3O8. The van der Waals surface area contributed by atoms with Crippen LogP contribution in [0.1, 0.15) is 36.0 Å². The van der Waals surface area contributed by atoms with E-state index in [1.165, 1.54) is 25.1 Å². The van der Waals surface area contributed by atoms with Crippen molar-refractivity contribution >= 4 is 23.2 Å². The number of ketones is 2. The number of carbonyl (C=O) groups excluding carboxylic acids is 3. The van der Waals surface area contributed by atoms with E-state index in [0.717, 1.165) is 12.8 Å². The van der Waals surface area contributed by atoms with Crippen LogP contribution in [0.3, 0.4) is 0 Å². The normalized spacial score (nSPS) is 30.6. The average Bonchev–Trinajstić information content (AvgIpc) is 3.39. The first-order valence-corrected chi connectivity index (χ1v) is 12.8. The number of aromatic hydroxyl groups is 1. The highest BCUT2D eigenvalue weighted by Crippen LogP contribution is 2.53. The zero-order valence-corrected chi connectivity index (χ0v) is 21.9. The summed E-state index contributed by atoms with van der Waals surface area (Å²) in [6.45, 7) is 0.742. The van der Waals surface area contributed by atoms with Crippen LogP contribution in [-0.2, 0) is 32.1 Å². The van der Waals surface area contributed by atoms with E-state index in [1.807, 2.05) is 4.90 Å². The molecule has 1 heterocycles. The van der Waals surface area contributed by atoms with Gasteiger partial charge < -0.3 is 30.9 Å². The van der Waals surface area contributed by atoms with Gasteiger partial charge in [-0.2, -0.15) is 0 Å². The van der Waals surface area contributed by atoms with Crippen molar-refractivity contribution in [3.05, 3.63) is 45.5 Å². The van der Waals surface area contributed by atoms with Gasteiger partial charge >= 0.3 is 0 Å². The molecule has 1 amide bonds. The number of nitrogens with zero attached hydrogens (tertiary/aromatic N) is 2. The van der Waals surface area contributed by atoms with Crippen molar-refractivity contribution in [1.82, 2.24) is 9.80 Å². The molecule has 0 spiro atoms. The second-order valence-electron chi connectivity index (χ2n) is 11.1. The zero-order valence-electron chi connectivity index (χ0n) is 21.9. The predicted molar refractivity (Wildman–Crippen MR) is 135 cm³/mol. The molecule has 1 saturated carbocycles. The number of halogens is 1. The van der Waals surface area contributed by atoms with E-state index in [0.29, 0.717) is 6.61 Å². The third-order valence-electron chi connectivity index (χ3n) is 8.55. The zero-order chi connectivity index (χ0) is 28.5. The standard InChI is InChI=1S/C27H32FN3O8/c1-30(2)21-14-8-11-7-13-18(15(32)9-12(20(13)28)10-31(3)16-5-4-6-39-16)22(33)17(11)24(35)27(14,38)25(36)19(23(21)34)26(29)37/h9,11,14,16,21,32-33,36,38H,4-8,10H2,1-3H3,(H2,29,37)/t11-,14-,16+,21-,27-/m0/s1. The van der Waals surface area contributed by atoms with Gasteiger partial charge in [0, 0.05) is 35.8 Å². The Morgan fingerprint density at radius 1 is 1.23 bits per heavy atom. The smallest absolute Gasteiger partial charge is 0.255 e. The molecule has 0 aromatic heterocycles. The molecule has 1 aliphatic heterocycles. The molecule has 210 valence electrons. The Morgan fingerprint density at radius 2 is 1.92 bits per heavy atom. The Labute approximate surface area is 223 Å². The summed E-state index contributed by atoms with van der Waals surface area (Å²) in [7, 11) is 4.81. The molecule has 0 radical (unpaired) electrons. The summed E-state index contributed by atoms with van der Waals surface area (Å²) in [5.74, 6) is -8.32. The quantitative estimate of drug-likeness (QED) is 0.331. The first-order valence-electron chi connectivity index (χ1n) is 12.8. The van der Waals surface area contributed by atoms with Crippen molar-refractivity contribution in [2.45, 2.75) is 50.1 Å². The van der Waals surface area contributed by atoms with Crippen LogP contribution in [0.15, 0.2) is 23.0 Å². The molecule has 6 N–H and O–H groups in total. The third-order valence-corrected chi connectivity index (χ3v) is 8.55. The van der Waals surface area contributed by atoms with Gasteiger partial charge in [0.2, 0.25) is 5.78 Å². The number of fused-ring (bicyclic) bond motifs is 3. The molecule has 5 rings (SSSR count). The first kappa shape index (κ1) is 27.3. The molecule has 1 aromatic carbocycles. The number of phenols is 1. The van der Waals surface area contributed by atoms with Gasteiger partial charge in [0.15, 0.2) is 11.4 Å². The molecule has 1 saturated heterocycles. The van der Waals surface area contributed by atoms with E-state index >= 15 is 4.39 Å². The molecule has 0 unspecified atom stereocenters. The topological polar surface area (TPSA) is 174 Å². The minimum atomic E-state index is -2.73. The maximum atomic E-state index is 15.9. The lowest BCUT2D eigenvalue weighted by Crippen LogP contribution is -2.65. The van der Waals surface area contributed by atoms with Gasteiger partial charge in [-0.3, -0.25) is 24.2 Å². The number of hydrogen-bond donors (Lipinski definition) is 5. The van der Waals surface area contributed by atoms with E-state index in [-0.39, 0.29) is 47.9 Å². The molecule has 0 bridgehead atoms. The first-order chi connectivity index (χ1) is 18.3. The minimum Gasteiger partial charge on any atom is -0.508 e. The van der Waals surface area contributed by atoms with Crippen LogP contribution in [0.5, 0.6) is 5.75 Å². The van der Waals surface area contributed by atoms with Crippen LogP contribution < -0.4 is 5.73 Å². The molecule has 3 aliphatic carbocycles. The monoisotopic (exact) mass is 545 g/mol. The number of amides is 1. The summed E-state index contributed by atoms with van der Waals surface area (Å²) < 4.78 is 21.5. The Bertz CT molecular complexity index is 1350. The lowest BCUT2D eigenvalue weighted by Gasteiger charge is -2.50. The molecular weight excluding hydrogens is 513 g/mol. The van der Waals surface area contributed by atoms with Crippen molar-refractivity contribution in [1.29, 1.82) is 0 Å². The Hall–Kier alpha value is -3.32. The molecule has 39 heavy (non-hydrogen) atoms. The molecule has 2 fully saturated rings. The summed E-state index contributed by atoms with van der Waals surface area (Å²) in [6, 6.07) is -0.0158. The van der Waals surface area contributed by atoms with E-state index in [4.69, 9.17) is 10.5 Å². The van der Waals surface area contributed by atoms with Crippen LogP contribution in [0, 0.1) is 17.7 Å². The number of primary amides is 1. The van der Waals surface area contributed by atoms with Crippen LogP contribution >= 0.6 is 0 Å². The highest BCUT2D eigenvalue weighted by atomic mass is 19.1. The molecule has 12 heteroatoms. The van der Waals surface area contributed by atoms with Crippen LogP contribution in [0.25, 0.3) is 5.76 Å². The van der Waals surface area contributed by atoms with Crippen LogP contribution in [0.2, 0.25) is 0 Å². The maximum Gasteiger partial charge on any atom is 0.255 e. The van der Waals surface area contributed by atoms with Gasteiger partial charge in [0.05, 0.1) is 11.6 Å². The number of hydrogen-bond acceptors (Lipinski definition) is 10. The summed E-state index contributed by atoms with van der Waals surface area (Å²) in [6.07, 6.45) is 1.28. The molecule has 1 aromatic rings. The van der Waals surface area contributed by atoms with E-state index in [1.54, 1.807) is 7.05 Å². The second-order valence-corrected chi connectivity index (χ2v) is 11.1. The molecule has 5 atom stereocenters. The number of carbonyl (C=O) groups is 3. The van der Waals surface area contributed by atoms with Gasteiger partial charge in [-0.15, -0.1) is 0 Å². The van der Waals surface area contributed by atoms with Crippen molar-refractivity contribution in [2.24, 2.45) is 17.6 Å². The lowest BCUT2D eigenvalue weighted by atomic mass is 9.57. The number of aliphatic hydroxyl groups is 3. The third kappa shape index (κ3) is 3.88. The number of Topliss-reactive ketones (excluding diaryl/α,β-unsaturated/α-hetero) is 2. The highest BCUT2D eigenvalue weighted by Gasteiger charge is 2.64. The average molecular weight is 546 g/mol. The largest absolute Gasteiger partial charge is 0.508 e. The van der Waals surface area contributed by atoms with E-state index in [2.05, 4.69) is 0 Å². The van der Waals surface area contributed by atoms with Gasteiger partial charge in [-0.25, -0.2) is 4.39 Å². The van der Waals surface area contributed by atoms with Crippen molar-refractivity contribution < 1.29 is 43.9 Å². The Balaban J connectivity index is 1.62. The Morgan fingerprint density at radius 3 is 2.51 bits per heavy atom. The number of ether oxygens (including phenoxy) is 1. The highest BCUT2D eigenvalue weighted by molar-refractivity contribution is 6.24. The number of likely N-dealkylation sites (N-methyl/N-ethyl adjacent to an activating group) is 1. The maximum absolute atomic E-state index is 15.9. The van der Waals surface area contributed by atoms with Crippen LogP contribution in [-0.4, -0.2) is 93.3 Å². The van der Waals surface area contributed by atoms with Crippen molar-refractivity contribution in [2.75, 3.05) is 27.7 Å². The summed E-state index contributed by atoms with van der Waals surface area (Å²) >= 11 is 0. The van der Waals surface area contributed by atoms with Gasteiger partial charge in [-0.1, -0.05) is 0 Å². The van der Waals surface area contributed by atoms with Crippen molar-refractivity contribution in [3.63, 3.8) is 0 Å². The molecule has 4 aliphatic rings. The number of aliphatic hydroxyl groups excluding tert-OH is 2. The van der Waals surface area contributed by atoms with Crippen LogP contribution in [0.4, 0.5) is 4.39 Å². The number of rotatable bonds is 5. The summed E-state index contributed by atoms with van der Waals surface area (Å²) in [5, 5.41) is 44.5. The predicted octanol–water partition coefficient (Wildman–Crippen LogP) is 0.671. The summed E-state index contributed by atoms with van der Waals surface area (Å²) in [4.78, 5) is 42.2.